The monoisotopic (exact) mass is 472 g/mol. The van der Waals surface area contributed by atoms with Crippen molar-refractivity contribution in [2.75, 3.05) is 13.1 Å². The summed E-state index contributed by atoms with van der Waals surface area (Å²) >= 11 is 0. The van der Waals surface area contributed by atoms with E-state index in [0.717, 1.165) is 30.0 Å². The molecule has 1 aliphatic carbocycles. The molecule has 0 aromatic heterocycles. The van der Waals surface area contributed by atoms with Gasteiger partial charge in [0.15, 0.2) is 0 Å². The second kappa shape index (κ2) is 8.39. The second-order valence-electron chi connectivity index (χ2n) is 10.3. The summed E-state index contributed by atoms with van der Waals surface area (Å²) in [6.07, 6.45) is 1.40. The zero-order valence-corrected chi connectivity index (χ0v) is 19.4. The Morgan fingerprint density at radius 2 is 1.66 bits per heavy atom. The molecule has 2 bridgehead atoms. The molecule has 3 heterocycles. The number of hydrogen-bond donors (Lipinski definition) is 2. The van der Waals surface area contributed by atoms with Gasteiger partial charge in [0.2, 0.25) is 11.8 Å². The molecule has 35 heavy (non-hydrogen) atoms. The zero-order valence-electron chi connectivity index (χ0n) is 19.4. The molecule has 8 nitrogen and oxygen atoms in total. The van der Waals surface area contributed by atoms with Crippen molar-refractivity contribution in [1.29, 1.82) is 0 Å². The van der Waals surface area contributed by atoms with Gasteiger partial charge in [0.05, 0.1) is 11.1 Å². The van der Waals surface area contributed by atoms with Crippen LogP contribution in [0.3, 0.4) is 0 Å². The number of nitrogens with two attached hydrogens (primary N) is 1. The summed E-state index contributed by atoms with van der Waals surface area (Å²) < 4.78 is 0. The van der Waals surface area contributed by atoms with E-state index in [4.69, 9.17) is 5.73 Å². The fraction of sp³-hybridized carbons (Fsp3) is 0.407. The fourth-order valence-electron chi connectivity index (χ4n) is 6.60. The number of carbonyl (C=O) groups excluding carboxylic acids is 4. The lowest BCUT2D eigenvalue weighted by Gasteiger charge is -2.32. The fourth-order valence-corrected chi connectivity index (χ4v) is 6.60. The van der Waals surface area contributed by atoms with Gasteiger partial charge in [-0.05, 0) is 47.9 Å². The van der Waals surface area contributed by atoms with Gasteiger partial charge in [-0.1, -0.05) is 36.4 Å². The third kappa shape index (κ3) is 3.68. The molecule has 2 aromatic carbocycles. The quantitative estimate of drug-likeness (QED) is 0.655. The van der Waals surface area contributed by atoms with Crippen molar-refractivity contribution in [2.24, 2.45) is 17.6 Å². The van der Waals surface area contributed by atoms with E-state index in [0.29, 0.717) is 35.4 Å². The number of rotatable bonds is 4. The van der Waals surface area contributed by atoms with Crippen LogP contribution in [0.4, 0.5) is 0 Å². The Labute approximate surface area is 203 Å². The Morgan fingerprint density at radius 1 is 0.914 bits per heavy atom. The molecule has 6 rings (SSSR count). The van der Waals surface area contributed by atoms with Gasteiger partial charge in [-0.2, -0.15) is 0 Å². The molecule has 2 aromatic rings. The first-order valence-corrected chi connectivity index (χ1v) is 12.3. The van der Waals surface area contributed by atoms with Gasteiger partial charge >= 0.3 is 0 Å². The number of nitrogens with one attached hydrogen (secondary N) is 1. The lowest BCUT2D eigenvalue weighted by atomic mass is 9.87. The van der Waals surface area contributed by atoms with Gasteiger partial charge < -0.3 is 5.73 Å². The van der Waals surface area contributed by atoms with Crippen molar-refractivity contribution in [1.82, 2.24) is 15.1 Å². The summed E-state index contributed by atoms with van der Waals surface area (Å²) in [5, 5.41) is 2.23. The molecular weight excluding hydrogens is 444 g/mol. The summed E-state index contributed by atoms with van der Waals surface area (Å²) in [7, 11) is 0. The van der Waals surface area contributed by atoms with Crippen LogP contribution in [0.15, 0.2) is 48.5 Å². The van der Waals surface area contributed by atoms with Gasteiger partial charge in [0.1, 0.15) is 6.04 Å². The van der Waals surface area contributed by atoms with Crippen molar-refractivity contribution in [3.8, 4) is 0 Å². The standard InChI is InChI=1S/C27H28N4O4/c28-24-18-11-17(23(24)16-4-2-1-3-5-16)13-30(14-18)12-15-6-7-19-20(10-15)27(35)31(26(19)34)21-8-9-22(32)29-25(21)33/h1-7,10,17-18,21,23-24H,8-9,11-14,28H2,(H,29,32,33)/t17-,18+,21?,23-,24-/m0/s1. The molecular formula is C27H28N4O4. The van der Waals surface area contributed by atoms with Crippen LogP contribution >= 0.6 is 0 Å². The van der Waals surface area contributed by atoms with Crippen molar-refractivity contribution >= 4 is 23.6 Å². The highest BCUT2D eigenvalue weighted by molar-refractivity contribution is 6.23. The van der Waals surface area contributed by atoms with E-state index in [1.807, 2.05) is 12.1 Å². The van der Waals surface area contributed by atoms with Crippen LogP contribution in [0.25, 0.3) is 0 Å². The van der Waals surface area contributed by atoms with Crippen molar-refractivity contribution < 1.29 is 19.2 Å². The molecule has 1 unspecified atom stereocenters. The molecule has 3 aliphatic heterocycles. The third-order valence-corrected chi connectivity index (χ3v) is 8.15. The lowest BCUT2D eigenvalue weighted by molar-refractivity contribution is -0.136. The van der Waals surface area contributed by atoms with Crippen molar-refractivity contribution in [3.05, 3.63) is 70.8 Å². The molecule has 0 radical (unpaired) electrons. The number of piperidine rings is 2. The average molecular weight is 473 g/mol. The smallest absolute Gasteiger partial charge is 0.262 e. The molecule has 8 heteroatoms. The SMILES string of the molecule is N[C@H]1[C@@H]2C[C@@H](CN(Cc3ccc4c(c3)C(=O)N(C3CCC(=O)NC3=O)C4=O)C2)[C@@H]1c1ccccc1. The minimum absolute atomic E-state index is 0.110. The predicted molar refractivity (Wildman–Crippen MR) is 127 cm³/mol. The maximum absolute atomic E-state index is 13.1. The van der Waals surface area contributed by atoms with Crippen LogP contribution in [0, 0.1) is 11.8 Å². The van der Waals surface area contributed by atoms with Crippen LogP contribution in [0.5, 0.6) is 0 Å². The van der Waals surface area contributed by atoms with Crippen LogP contribution < -0.4 is 11.1 Å². The largest absolute Gasteiger partial charge is 0.327 e. The van der Waals surface area contributed by atoms with Crippen LogP contribution in [-0.4, -0.2) is 58.6 Å². The van der Waals surface area contributed by atoms with Gasteiger partial charge in [-0.3, -0.25) is 34.3 Å². The number of benzene rings is 2. The zero-order chi connectivity index (χ0) is 24.3. The Bertz CT molecular complexity index is 1230. The summed E-state index contributed by atoms with van der Waals surface area (Å²) in [6.45, 7) is 2.53. The van der Waals surface area contributed by atoms with Crippen molar-refractivity contribution in [3.63, 3.8) is 0 Å². The molecule has 4 aliphatic rings. The lowest BCUT2D eigenvalue weighted by Crippen LogP contribution is -2.54. The predicted octanol–water partition coefficient (Wildman–Crippen LogP) is 1.65. The number of likely N-dealkylation sites (tertiary alicyclic amines) is 1. The third-order valence-electron chi connectivity index (χ3n) is 8.15. The minimum atomic E-state index is -0.947. The van der Waals surface area contributed by atoms with Gasteiger partial charge in [0.25, 0.3) is 11.8 Å². The highest BCUT2D eigenvalue weighted by atomic mass is 16.2. The van der Waals surface area contributed by atoms with E-state index < -0.39 is 23.8 Å². The second-order valence-corrected chi connectivity index (χ2v) is 10.3. The van der Waals surface area contributed by atoms with E-state index >= 15 is 0 Å². The van der Waals surface area contributed by atoms with E-state index in [1.165, 1.54) is 5.56 Å². The normalized spacial score (nSPS) is 30.5. The van der Waals surface area contributed by atoms with Gasteiger partial charge in [0, 0.05) is 38.0 Å². The Hall–Kier alpha value is -3.36. The number of nitrogens with zero attached hydrogens (tertiary/aromatic N) is 2. The molecule has 3 fully saturated rings. The Balaban J connectivity index is 1.19. The molecule has 3 N–H and O–H groups in total. The molecule has 1 saturated carbocycles. The number of hydrogen-bond acceptors (Lipinski definition) is 6. The van der Waals surface area contributed by atoms with Crippen LogP contribution in [0.1, 0.15) is 57.0 Å². The summed E-state index contributed by atoms with van der Waals surface area (Å²) in [5.74, 6) is -0.636. The van der Waals surface area contributed by atoms with Crippen LogP contribution in [0.2, 0.25) is 0 Å². The van der Waals surface area contributed by atoms with Crippen LogP contribution in [-0.2, 0) is 16.1 Å². The molecule has 0 spiro atoms. The van der Waals surface area contributed by atoms with Gasteiger partial charge in [-0.25, -0.2) is 0 Å². The van der Waals surface area contributed by atoms with E-state index in [2.05, 4.69) is 34.5 Å². The summed E-state index contributed by atoms with van der Waals surface area (Å²) in [4.78, 5) is 53.3. The highest BCUT2D eigenvalue weighted by Crippen LogP contribution is 2.46. The Kier molecular flexibility index (Phi) is 5.30. The van der Waals surface area contributed by atoms with E-state index in [9.17, 15) is 19.2 Å². The molecule has 180 valence electrons. The highest BCUT2D eigenvalue weighted by Gasteiger charge is 2.47. The number of fused-ring (bicyclic) bond motifs is 3. The summed E-state index contributed by atoms with van der Waals surface area (Å²) in [5.41, 5.74) is 9.61. The molecule has 2 saturated heterocycles. The maximum atomic E-state index is 13.1. The molecule has 4 amide bonds. The van der Waals surface area contributed by atoms with Gasteiger partial charge in [-0.15, -0.1) is 0 Å². The average Bonchev–Trinajstić information content (AvgIpc) is 3.22. The maximum Gasteiger partial charge on any atom is 0.262 e. The van der Waals surface area contributed by atoms with E-state index in [-0.39, 0.29) is 24.8 Å². The first-order chi connectivity index (χ1) is 16.9. The molecule has 5 atom stereocenters. The summed E-state index contributed by atoms with van der Waals surface area (Å²) in [6, 6.07) is 15.1. The number of carbonyl (C=O) groups is 4. The van der Waals surface area contributed by atoms with E-state index in [1.54, 1.807) is 12.1 Å². The first-order valence-electron chi connectivity index (χ1n) is 12.3. The van der Waals surface area contributed by atoms with Crippen molar-refractivity contribution in [2.45, 2.75) is 43.8 Å². The number of imide groups is 2. The minimum Gasteiger partial charge on any atom is -0.327 e. The Morgan fingerprint density at radius 3 is 2.43 bits per heavy atom. The topological polar surface area (TPSA) is 113 Å². The first kappa shape index (κ1) is 22.1. The number of amides is 4.